The molecule has 21 heavy (non-hydrogen) atoms. The highest BCUT2D eigenvalue weighted by atomic mass is 32.1. The van der Waals surface area contributed by atoms with Gasteiger partial charge in [-0.05, 0) is 24.1 Å². The number of hydrogen-bond acceptors (Lipinski definition) is 3. The van der Waals surface area contributed by atoms with Crippen molar-refractivity contribution in [2.75, 3.05) is 6.54 Å². The minimum absolute atomic E-state index is 0.0405. The number of nitriles is 1. The van der Waals surface area contributed by atoms with Crippen LogP contribution >= 0.6 is 11.3 Å². The first-order chi connectivity index (χ1) is 10.2. The molecule has 106 valence electrons. The number of amides is 1. The molecule has 1 aliphatic heterocycles. The zero-order chi connectivity index (χ0) is 14.8. The van der Waals surface area contributed by atoms with E-state index >= 15 is 0 Å². The Morgan fingerprint density at radius 1 is 1.43 bits per heavy atom. The van der Waals surface area contributed by atoms with Crippen molar-refractivity contribution >= 4 is 17.2 Å². The molecule has 1 aromatic carbocycles. The Hall–Kier alpha value is -2.12. The number of carbonyl (C=O) groups excluding carboxylic acids is 1. The van der Waals surface area contributed by atoms with E-state index in [1.54, 1.807) is 11.3 Å². The summed E-state index contributed by atoms with van der Waals surface area (Å²) in [5.41, 5.74) is 2.57. The van der Waals surface area contributed by atoms with E-state index in [-0.39, 0.29) is 18.2 Å². The van der Waals surface area contributed by atoms with Crippen molar-refractivity contribution in [3.63, 3.8) is 0 Å². The number of hydrogen-bond donors (Lipinski definition) is 0. The summed E-state index contributed by atoms with van der Waals surface area (Å²) in [6, 6.07) is 14.5. The normalized spacial score (nSPS) is 17.1. The number of nitrogens with zero attached hydrogens (tertiary/aromatic N) is 2. The van der Waals surface area contributed by atoms with E-state index in [2.05, 4.69) is 25.1 Å². The first kappa shape index (κ1) is 13.8. The van der Waals surface area contributed by atoms with Gasteiger partial charge in [-0.2, -0.15) is 5.26 Å². The number of rotatable bonds is 2. The molecule has 0 saturated carbocycles. The molecular formula is C17H16N2OS. The maximum Gasteiger partial charge on any atom is 0.237 e. The van der Waals surface area contributed by atoms with E-state index in [1.807, 2.05) is 29.2 Å². The van der Waals surface area contributed by atoms with Gasteiger partial charge in [-0.15, -0.1) is 11.3 Å². The molecule has 3 nitrogen and oxygen atoms in total. The Balaban J connectivity index is 1.98. The van der Waals surface area contributed by atoms with Gasteiger partial charge in [0.25, 0.3) is 0 Å². The van der Waals surface area contributed by atoms with Crippen LogP contribution < -0.4 is 0 Å². The van der Waals surface area contributed by atoms with Crippen molar-refractivity contribution in [3.8, 4) is 6.07 Å². The van der Waals surface area contributed by atoms with E-state index in [0.717, 1.165) is 0 Å². The van der Waals surface area contributed by atoms with Crippen LogP contribution in [-0.2, 0) is 11.3 Å². The standard InChI is InChI=1S/C17H16N2OS/c1-12-9-14-15(13-5-3-2-4-6-13)10-19(11-16(14)21-12)17(20)7-8-18/h2-6,9,15H,7,10-11H2,1H3/t15-/m1/s1. The summed E-state index contributed by atoms with van der Waals surface area (Å²) in [6.45, 7) is 3.40. The average molecular weight is 296 g/mol. The van der Waals surface area contributed by atoms with Crippen molar-refractivity contribution in [2.45, 2.75) is 25.8 Å². The van der Waals surface area contributed by atoms with Crippen molar-refractivity contribution in [2.24, 2.45) is 0 Å². The van der Waals surface area contributed by atoms with Crippen LogP contribution in [0.3, 0.4) is 0 Å². The van der Waals surface area contributed by atoms with E-state index < -0.39 is 0 Å². The van der Waals surface area contributed by atoms with Crippen LogP contribution in [0.25, 0.3) is 0 Å². The zero-order valence-corrected chi connectivity index (χ0v) is 12.7. The molecule has 0 bridgehead atoms. The molecule has 0 N–H and O–H groups in total. The van der Waals surface area contributed by atoms with Crippen LogP contribution in [0.15, 0.2) is 36.4 Å². The first-order valence-electron chi connectivity index (χ1n) is 6.98. The number of carbonyl (C=O) groups is 1. The molecule has 0 spiro atoms. The molecule has 1 aliphatic rings. The lowest BCUT2D eigenvalue weighted by Crippen LogP contribution is -2.37. The van der Waals surface area contributed by atoms with Crippen LogP contribution in [0, 0.1) is 18.3 Å². The molecule has 0 fully saturated rings. The topological polar surface area (TPSA) is 44.1 Å². The van der Waals surface area contributed by atoms with E-state index in [9.17, 15) is 4.79 Å². The van der Waals surface area contributed by atoms with Crippen LogP contribution in [0.4, 0.5) is 0 Å². The Labute approximate surface area is 128 Å². The van der Waals surface area contributed by atoms with Gasteiger partial charge in [0.1, 0.15) is 6.42 Å². The van der Waals surface area contributed by atoms with Crippen molar-refractivity contribution in [1.82, 2.24) is 4.90 Å². The predicted molar refractivity (Wildman–Crippen MR) is 83.0 cm³/mol. The smallest absolute Gasteiger partial charge is 0.237 e. The van der Waals surface area contributed by atoms with E-state index in [4.69, 9.17) is 5.26 Å². The fourth-order valence-electron chi connectivity index (χ4n) is 2.90. The molecule has 2 aromatic rings. The fourth-order valence-corrected chi connectivity index (χ4v) is 4.01. The molecule has 0 radical (unpaired) electrons. The van der Waals surface area contributed by atoms with E-state index in [0.29, 0.717) is 13.1 Å². The minimum Gasteiger partial charge on any atom is -0.336 e. The summed E-state index contributed by atoms with van der Waals surface area (Å²) in [5, 5.41) is 8.75. The summed E-state index contributed by atoms with van der Waals surface area (Å²) in [7, 11) is 0. The summed E-state index contributed by atoms with van der Waals surface area (Å²) >= 11 is 1.75. The monoisotopic (exact) mass is 296 g/mol. The third-order valence-electron chi connectivity index (χ3n) is 3.86. The molecule has 1 atom stereocenters. The van der Waals surface area contributed by atoms with Crippen molar-refractivity contribution in [3.05, 3.63) is 57.3 Å². The highest BCUT2D eigenvalue weighted by Gasteiger charge is 2.30. The Bertz CT molecular complexity index is 699. The SMILES string of the molecule is Cc1cc2c(s1)CN(C(=O)CC#N)C[C@@H]2c1ccccc1. The molecule has 1 aromatic heterocycles. The van der Waals surface area contributed by atoms with Gasteiger partial charge < -0.3 is 4.90 Å². The van der Waals surface area contributed by atoms with Crippen molar-refractivity contribution < 1.29 is 4.79 Å². The summed E-state index contributed by atoms with van der Waals surface area (Å²) in [6.07, 6.45) is -0.0405. The van der Waals surface area contributed by atoms with Crippen molar-refractivity contribution in [1.29, 1.82) is 5.26 Å². The van der Waals surface area contributed by atoms with Crippen LogP contribution in [0.2, 0.25) is 0 Å². The number of thiophene rings is 1. The maximum absolute atomic E-state index is 12.1. The molecule has 0 saturated heterocycles. The number of benzene rings is 1. The molecule has 0 unspecified atom stereocenters. The number of aryl methyl sites for hydroxylation is 1. The van der Waals surface area contributed by atoms with Gasteiger partial charge in [-0.3, -0.25) is 4.79 Å². The summed E-state index contributed by atoms with van der Waals surface area (Å²) < 4.78 is 0. The van der Waals surface area contributed by atoms with E-state index in [1.165, 1.54) is 20.9 Å². The lowest BCUT2D eigenvalue weighted by Gasteiger charge is -2.32. The molecule has 2 heterocycles. The molecule has 1 amide bonds. The van der Waals surface area contributed by atoms with Gasteiger partial charge in [0.15, 0.2) is 0 Å². The highest BCUT2D eigenvalue weighted by Crippen LogP contribution is 2.38. The number of fused-ring (bicyclic) bond motifs is 1. The average Bonchev–Trinajstić information content (AvgIpc) is 2.87. The zero-order valence-electron chi connectivity index (χ0n) is 11.9. The van der Waals surface area contributed by atoms with Gasteiger partial charge in [0.05, 0.1) is 12.6 Å². The lowest BCUT2D eigenvalue weighted by molar-refractivity contribution is -0.131. The second-order valence-electron chi connectivity index (χ2n) is 5.31. The molecule has 4 heteroatoms. The largest absolute Gasteiger partial charge is 0.336 e. The van der Waals surface area contributed by atoms with Gasteiger partial charge in [-0.1, -0.05) is 30.3 Å². The maximum atomic E-state index is 12.1. The lowest BCUT2D eigenvalue weighted by atomic mass is 9.88. The van der Waals surface area contributed by atoms with Gasteiger partial charge in [0, 0.05) is 22.2 Å². The second-order valence-corrected chi connectivity index (χ2v) is 6.65. The minimum atomic E-state index is -0.0739. The van der Waals surface area contributed by atoms with Crippen LogP contribution in [-0.4, -0.2) is 17.4 Å². The second kappa shape index (κ2) is 5.71. The highest BCUT2D eigenvalue weighted by molar-refractivity contribution is 7.12. The van der Waals surface area contributed by atoms with Gasteiger partial charge >= 0.3 is 0 Å². The Kier molecular flexibility index (Phi) is 3.76. The third-order valence-corrected chi connectivity index (χ3v) is 4.91. The summed E-state index contributed by atoms with van der Waals surface area (Å²) in [5.74, 6) is 0.137. The quantitative estimate of drug-likeness (QED) is 0.852. The third kappa shape index (κ3) is 2.70. The van der Waals surface area contributed by atoms with Crippen LogP contribution in [0.5, 0.6) is 0 Å². The molecule has 3 rings (SSSR count). The van der Waals surface area contributed by atoms with Gasteiger partial charge in [0.2, 0.25) is 5.91 Å². The Morgan fingerprint density at radius 2 is 2.19 bits per heavy atom. The Morgan fingerprint density at radius 3 is 2.90 bits per heavy atom. The fraction of sp³-hybridized carbons (Fsp3) is 0.294. The molecule has 0 aliphatic carbocycles. The molecular weight excluding hydrogens is 280 g/mol. The summed E-state index contributed by atoms with van der Waals surface area (Å²) in [4.78, 5) is 16.4. The predicted octanol–water partition coefficient (Wildman–Crippen LogP) is 3.44. The van der Waals surface area contributed by atoms with Gasteiger partial charge in [-0.25, -0.2) is 0 Å². The van der Waals surface area contributed by atoms with Crippen LogP contribution in [0.1, 0.15) is 33.2 Å². The first-order valence-corrected chi connectivity index (χ1v) is 7.79.